The molecular formula is C26H49N3O8. The summed E-state index contributed by atoms with van der Waals surface area (Å²) < 4.78 is 21.2. The molecule has 3 N–H and O–H groups in total. The molecule has 0 aliphatic rings. The van der Waals surface area contributed by atoms with Crippen molar-refractivity contribution in [2.45, 2.75) is 65.7 Å². The molecule has 0 rings (SSSR count). The van der Waals surface area contributed by atoms with E-state index in [9.17, 15) is 19.2 Å². The number of ketones is 1. The van der Waals surface area contributed by atoms with Gasteiger partial charge >= 0.3 is 0 Å². The quantitative estimate of drug-likeness (QED) is 0.142. The first kappa shape index (κ1) is 34.9. The lowest BCUT2D eigenvalue weighted by Gasteiger charge is -2.09. The molecule has 11 heteroatoms. The van der Waals surface area contributed by atoms with Gasteiger partial charge in [0, 0.05) is 32.0 Å². The summed E-state index contributed by atoms with van der Waals surface area (Å²) in [4.78, 5) is 46.1. The van der Waals surface area contributed by atoms with Crippen molar-refractivity contribution >= 4 is 23.5 Å². The smallest absolute Gasteiger partial charge is 0.246 e. The van der Waals surface area contributed by atoms with Gasteiger partial charge < -0.3 is 34.9 Å². The number of hydrogen-bond acceptors (Lipinski definition) is 8. The molecule has 0 unspecified atom stereocenters. The van der Waals surface area contributed by atoms with Crippen molar-refractivity contribution in [2.24, 2.45) is 5.92 Å². The average molecular weight is 532 g/mol. The highest BCUT2D eigenvalue weighted by molar-refractivity contribution is 5.78. The first-order valence-corrected chi connectivity index (χ1v) is 13.5. The summed E-state index contributed by atoms with van der Waals surface area (Å²) in [6.45, 7) is 8.87. The van der Waals surface area contributed by atoms with Crippen molar-refractivity contribution in [3.63, 3.8) is 0 Å². The fraction of sp³-hybridized carbons (Fsp3) is 0.846. The van der Waals surface area contributed by atoms with Gasteiger partial charge in [0.2, 0.25) is 17.7 Å². The van der Waals surface area contributed by atoms with Crippen molar-refractivity contribution in [2.75, 3.05) is 72.5 Å². The van der Waals surface area contributed by atoms with Crippen molar-refractivity contribution in [3.8, 4) is 0 Å². The van der Waals surface area contributed by atoms with Crippen molar-refractivity contribution in [3.05, 3.63) is 0 Å². The molecule has 0 aromatic carbocycles. The van der Waals surface area contributed by atoms with Crippen LogP contribution in [0.3, 0.4) is 0 Å². The van der Waals surface area contributed by atoms with Crippen LogP contribution >= 0.6 is 0 Å². The Hall–Kier alpha value is -2.08. The van der Waals surface area contributed by atoms with E-state index in [0.717, 1.165) is 38.5 Å². The highest BCUT2D eigenvalue weighted by atomic mass is 16.5. The van der Waals surface area contributed by atoms with Crippen LogP contribution in [0, 0.1) is 5.92 Å². The lowest BCUT2D eigenvalue weighted by atomic mass is 10.0. The normalized spacial score (nSPS) is 11.6. The second-order valence-corrected chi connectivity index (χ2v) is 8.84. The molecule has 0 fully saturated rings. The molecule has 0 aliphatic heterocycles. The predicted octanol–water partition coefficient (Wildman–Crippen LogP) is 1.38. The Morgan fingerprint density at radius 3 is 1.68 bits per heavy atom. The molecule has 0 radical (unpaired) electrons. The minimum atomic E-state index is -0.244. The summed E-state index contributed by atoms with van der Waals surface area (Å²) in [5.41, 5.74) is 0. The van der Waals surface area contributed by atoms with E-state index in [0.29, 0.717) is 59.1 Å². The number of ether oxygens (including phenoxy) is 4. The van der Waals surface area contributed by atoms with E-state index in [-0.39, 0.29) is 49.2 Å². The van der Waals surface area contributed by atoms with Crippen LogP contribution in [0.4, 0.5) is 0 Å². The van der Waals surface area contributed by atoms with Crippen LogP contribution in [-0.4, -0.2) is 96.0 Å². The van der Waals surface area contributed by atoms with Crippen molar-refractivity contribution in [1.29, 1.82) is 0 Å². The summed E-state index contributed by atoms with van der Waals surface area (Å²) in [6, 6.07) is 0. The summed E-state index contributed by atoms with van der Waals surface area (Å²) in [7, 11) is 0. The summed E-state index contributed by atoms with van der Waals surface area (Å²) in [5.74, 6) is -0.108. The van der Waals surface area contributed by atoms with E-state index in [2.05, 4.69) is 22.9 Å². The number of nitrogens with one attached hydrogen (secondary N) is 3. The van der Waals surface area contributed by atoms with E-state index in [1.54, 1.807) is 6.92 Å². The van der Waals surface area contributed by atoms with Gasteiger partial charge in [0.05, 0.1) is 39.6 Å². The summed E-state index contributed by atoms with van der Waals surface area (Å²) in [6.07, 6.45) is 6.17. The highest BCUT2D eigenvalue weighted by Gasteiger charge is 2.07. The zero-order valence-corrected chi connectivity index (χ0v) is 23.1. The number of carbonyl (C=O) groups is 4. The minimum absolute atomic E-state index is 0.0291. The van der Waals surface area contributed by atoms with Crippen LogP contribution in [0.25, 0.3) is 0 Å². The van der Waals surface area contributed by atoms with Gasteiger partial charge in [-0.1, -0.05) is 33.1 Å². The Labute approximate surface area is 222 Å². The molecule has 0 saturated carbocycles. The zero-order chi connectivity index (χ0) is 27.6. The van der Waals surface area contributed by atoms with E-state index in [1.165, 1.54) is 0 Å². The van der Waals surface area contributed by atoms with Crippen LogP contribution < -0.4 is 16.0 Å². The molecule has 0 aromatic rings. The number of rotatable bonds is 26. The monoisotopic (exact) mass is 531 g/mol. The minimum Gasteiger partial charge on any atom is -0.377 e. The molecule has 0 aliphatic carbocycles. The van der Waals surface area contributed by atoms with Gasteiger partial charge in [-0.15, -0.1) is 0 Å². The molecule has 0 bridgehead atoms. The van der Waals surface area contributed by atoms with Crippen LogP contribution in [0.1, 0.15) is 65.7 Å². The average Bonchev–Trinajstić information content (AvgIpc) is 2.86. The topological polar surface area (TPSA) is 141 Å². The fourth-order valence-electron chi connectivity index (χ4n) is 3.03. The molecule has 11 nitrogen and oxygen atoms in total. The molecule has 0 aromatic heterocycles. The Bertz CT molecular complexity index is 619. The first-order valence-electron chi connectivity index (χ1n) is 13.5. The molecular weight excluding hydrogens is 482 g/mol. The van der Waals surface area contributed by atoms with Gasteiger partial charge in [0.15, 0.2) is 0 Å². The molecule has 0 spiro atoms. The molecule has 3 amide bonds. The van der Waals surface area contributed by atoms with Crippen LogP contribution in [0.15, 0.2) is 0 Å². The largest absolute Gasteiger partial charge is 0.377 e. The van der Waals surface area contributed by atoms with Gasteiger partial charge in [-0.05, 0) is 26.2 Å². The van der Waals surface area contributed by atoms with Gasteiger partial charge in [0.1, 0.15) is 19.0 Å². The molecule has 0 heterocycles. The third kappa shape index (κ3) is 25.4. The Morgan fingerprint density at radius 1 is 0.622 bits per heavy atom. The third-order valence-corrected chi connectivity index (χ3v) is 5.43. The lowest BCUT2D eigenvalue weighted by molar-refractivity contribution is -0.127. The zero-order valence-electron chi connectivity index (χ0n) is 23.1. The number of carbonyl (C=O) groups excluding carboxylic acids is 4. The van der Waals surface area contributed by atoms with Crippen LogP contribution in [0.5, 0.6) is 0 Å². The van der Waals surface area contributed by atoms with Gasteiger partial charge in [-0.25, -0.2) is 0 Å². The predicted molar refractivity (Wildman–Crippen MR) is 140 cm³/mol. The standard InChI is InChI=1S/C26H49N3O8/c1-4-5-6-10-24(31)28-12-14-34-16-19-37-21-26(33)29-13-15-35-17-18-36-20-25(32)27-11-8-7-9-22(2)23(3)30/h22H,4-21H2,1-3H3,(H,27,32)(H,28,31)(H,29,33)/t22-/m0/s1. The Morgan fingerprint density at radius 2 is 1.14 bits per heavy atom. The van der Waals surface area contributed by atoms with Crippen LogP contribution in [0.2, 0.25) is 0 Å². The van der Waals surface area contributed by atoms with Crippen LogP contribution in [-0.2, 0) is 38.1 Å². The van der Waals surface area contributed by atoms with E-state index in [4.69, 9.17) is 18.9 Å². The first-order chi connectivity index (χ1) is 17.9. The maximum atomic E-state index is 11.7. The van der Waals surface area contributed by atoms with Crippen molar-refractivity contribution < 1.29 is 38.1 Å². The molecule has 216 valence electrons. The number of amides is 3. The Balaban J connectivity index is 3.36. The third-order valence-electron chi connectivity index (χ3n) is 5.43. The highest BCUT2D eigenvalue weighted by Crippen LogP contribution is 2.07. The number of unbranched alkanes of at least 4 members (excludes halogenated alkanes) is 3. The van der Waals surface area contributed by atoms with E-state index in [1.807, 2.05) is 6.92 Å². The summed E-state index contributed by atoms with van der Waals surface area (Å²) in [5, 5.41) is 8.27. The van der Waals surface area contributed by atoms with Crippen molar-refractivity contribution in [1.82, 2.24) is 16.0 Å². The number of Topliss-reactive ketones (excluding diaryl/α,β-unsaturated/α-hetero) is 1. The summed E-state index contributed by atoms with van der Waals surface area (Å²) >= 11 is 0. The second kappa shape index (κ2) is 25.6. The second-order valence-electron chi connectivity index (χ2n) is 8.84. The molecule has 0 saturated heterocycles. The van der Waals surface area contributed by atoms with E-state index >= 15 is 0 Å². The van der Waals surface area contributed by atoms with E-state index < -0.39 is 0 Å². The molecule has 37 heavy (non-hydrogen) atoms. The maximum Gasteiger partial charge on any atom is 0.246 e. The lowest BCUT2D eigenvalue weighted by Crippen LogP contribution is -2.31. The SMILES string of the molecule is CCCCCC(=O)NCCOCCOCC(=O)NCCOCCOCC(=O)NCCCC[C@H](C)C(C)=O. The molecule has 1 atom stereocenters. The number of hydrogen-bond donors (Lipinski definition) is 3. The van der Waals surface area contributed by atoms with Gasteiger partial charge in [-0.3, -0.25) is 19.2 Å². The fourth-order valence-corrected chi connectivity index (χ4v) is 3.03. The Kier molecular flexibility index (Phi) is 24.1. The van der Waals surface area contributed by atoms with Gasteiger partial charge in [-0.2, -0.15) is 0 Å². The maximum absolute atomic E-state index is 11.7. The van der Waals surface area contributed by atoms with Gasteiger partial charge in [0.25, 0.3) is 0 Å².